The van der Waals surface area contributed by atoms with Gasteiger partial charge in [-0.3, -0.25) is 0 Å². The van der Waals surface area contributed by atoms with Crippen LogP contribution in [0.3, 0.4) is 0 Å². The molecule has 0 aliphatic rings. The number of benzene rings is 1. The molecular formula is C13H8ClFN2O2. The summed E-state index contributed by atoms with van der Waals surface area (Å²) in [7, 11) is 1.30. The number of rotatable bonds is 1. The van der Waals surface area contributed by atoms with Crippen LogP contribution in [0.15, 0.2) is 30.5 Å². The molecule has 0 aliphatic heterocycles. The Morgan fingerprint density at radius 1 is 1.37 bits per heavy atom. The van der Waals surface area contributed by atoms with Crippen molar-refractivity contribution in [3.63, 3.8) is 0 Å². The zero-order valence-electron chi connectivity index (χ0n) is 9.85. The summed E-state index contributed by atoms with van der Waals surface area (Å²) in [6, 6.07) is 6.14. The molecule has 0 fully saturated rings. The predicted molar refractivity (Wildman–Crippen MR) is 69.0 cm³/mol. The fourth-order valence-electron chi connectivity index (χ4n) is 2.01. The normalized spacial score (nSPS) is 11.1. The summed E-state index contributed by atoms with van der Waals surface area (Å²) >= 11 is 6.00. The summed E-state index contributed by atoms with van der Waals surface area (Å²) in [6.45, 7) is 0. The van der Waals surface area contributed by atoms with E-state index in [0.717, 1.165) is 0 Å². The minimum Gasteiger partial charge on any atom is -0.465 e. The van der Waals surface area contributed by atoms with Crippen LogP contribution in [-0.2, 0) is 4.74 Å². The monoisotopic (exact) mass is 278 g/mol. The summed E-state index contributed by atoms with van der Waals surface area (Å²) in [4.78, 5) is 15.6. The van der Waals surface area contributed by atoms with Crippen LogP contribution in [0.4, 0.5) is 4.39 Å². The van der Waals surface area contributed by atoms with Crippen molar-refractivity contribution in [2.24, 2.45) is 0 Å². The third-order valence-electron chi connectivity index (χ3n) is 2.87. The molecule has 0 saturated carbocycles. The predicted octanol–water partition coefficient (Wildman–Crippen LogP) is 3.07. The van der Waals surface area contributed by atoms with E-state index in [1.807, 2.05) is 0 Å². The lowest BCUT2D eigenvalue weighted by molar-refractivity contribution is 0.0601. The molecule has 0 bridgehead atoms. The topological polar surface area (TPSA) is 43.6 Å². The third kappa shape index (κ3) is 1.82. The average Bonchev–Trinajstić information content (AvgIpc) is 2.80. The number of hydrogen-bond acceptors (Lipinski definition) is 3. The zero-order valence-corrected chi connectivity index (χ0v) is 10.6. The molecule has 0 saturated heterocycles. The fraction of sp³-hybridized carbons (Fsp3) is 0.0769. The standard InChI is InChI=1S/C13H8ClFN2O2/c1-19-13(18)7-2-3-10-9(4-7)16-12(14)11-5-8(15)6-17(10)11/h2-6H,1H3. The van der Waals surface area contributed by atoms with Crippen LogP contribution >= 0.6 is 11.6 Å². The minimum absolute atomic E-state index is 0.179. The molecule has 2 aromatic heterocycles. The maximum absolute atomic E-state index is 13.3. The average molecular weight is 279 g/mol. The van der Waals surface area contributed by atoms with E-state index in [2.05, 4.69) is 9.72 Å². The summed E-state index contributed by atoms with van der Waals surface area (Å²) < 4.78 is 19.5. The molecule has 0 unspecified atom stereocenters. The van der Waals surface area contributed by atoms with Gasteiger partial charge in [-0.15, -0.1) is 0 Å². The molecule has 0 aliphatic carbocycles. The van der Waals surface area contributed by atoms with Crippen molar-refractivity contribution < 1.29 is 13.9 Å². The fourth-order valence-corrected chi connectivity index (χ4v) is 2.25. The van der Waals surface area contributed by atoms with Crippen LogP contribution in [0.5, 0.6) is 0 Å². The van der Waals surface area contributed by atoms with Crippen LogP contribution in [0.1, 0.15) is 10.4 Å². The third-order valence-corrected chi connectivity index (χ3v) is 3.15. The van der Waals surface area contributed by atoms with Crippen molar-refractivity contribution in [3.8, 4) is 0 Å². The molecule has 6 heteroatoms. The number of aromatic nitrogens is 2. The van der Waals surface area contributed by atoms with Gasteiger partial charge >= 0.3 is 5.97 Å². The Bertz CT molecular complexity index is 813. The lowest BCUT2D eigenvalue weighted by Gasteiger charge is -2.05. The zero-order chi connectivity index (χ0) is 13.6. The number of methoxy groups -OCH3 is 1. The van der Waals surface area contributed by atoms with Crippen molar-refractivity contribution in [3.05, 3.63) is 47.0 Å². The van der Waals surface area contributed by atoms with Crippen molar-refractivity contribution in [1.82, 2.24) is 9.38 Å². The first-order valence-corrected chi connectivity index (χ1v) is 5.83. The number of ether oxygens (including phenoxy) is 1. The molecule has 2 heterocycles. The molecule has 3 rings (SSSR count). The summed E-state index contributed by atoms with van der Waals surface area (Å²) in [5.41, 5.74) is 2.01. The Morgan fingerprint density at radius 2 is 2.16 bits per heavy atom. The molecular weight excluding hydrogens is 271 g/mol. The lowest BCUT2D eigenvalue weighted by Crippen LogP contribution is -2.02. The molecule has 96 valence electrons. The van der Waals surface area contributed by atoms with E-state index >= 15 is 0 Å². The Labute approximate surface area is 112 Å². The van der Waals surface area contributed by atoms with E-state index < -0.39 is 11.8 Å². The quantitative estimate of drug-likeness (QED) is 0.643. The Hall–Kier alpha value is -2.14. The maximum atomic E-state index is 13.3. The highest BCUT2D eigenvalue weighted by Crippen LogP contribution is 2.24. The number of nitrogens with zero attached hydrogens (tertiary/aromatic N) is 2. The Kier molecular flexibility index (Phi) is 2.64. The smallest absolute Gasteiger partial charge is 0.337 e. The second-order valence-electron chi connectivity index (χ2n) is 4.01. The van der Waals surface area contributed by atoms with E-state index in [4.69, 9.17) is 11.6 Å². The number of halogens is 2. The molecule has 0 atom stereocenters. The highest BCUT2D eigenvalue weighted by atomic mass is 35.5. The van der Waals surface area contributed by atoms with Gasteiger partial charge in [-0.1, -0.05) is 11.6 Å². The van der Waals surface area contributed by atoms with Crippen LogP contribution in [0, 0.1) is 5.82 Å². The number of carbonyl (C=O) groups is 1. The number of esters is 1. The molecule has 0 radical (unpaired) electrons. The van der Waals surface area contributed by atoms with E-state index in [1.165, 1.54) is 19.4 Å². The van der Waals surface area contributed by atoms with Crippen molar-refractivity contribution in [2.75, 3.05) is 7.11 Å². The molecule has 4 nitrogen and oxygen atoms in total. The lowest BCUT2D eigenvalue weighted by atomic mass is 10.2. The Balaban J connectivity index is 2.36. The van der Waals surface area contributed by atoms with Crippen molar-refractivity contribution in [1.29, 1.82) is 0 Å². The Morgan fingerprint density at radius 3 is 2.89 bits per heavy atom. The number of carbonyl (C=O) groups excluding carboxylic acids is 1. The second kappa shape index (κ2) is 4.20. The largest absolute Gasteiger partial charge is 0.465 e. The number of hydrogen-bond donors (Lipinski definition) is 0. The molecule has 0 spiro atoms. The first-order valence-electron chi connectivity index (χ1n) is 5.45. The van der Waals surface area contributed by atoms with E-state index in [9.17, 15) is 9.18 Å². The van der Waals surface area contributed by atoms with Gasteiger partial charge in [-0.2, -0.15) is 0 Å². The SMILES string of the molecule is COC(=O)c1ccc2c(c1)nc(Cl)c1cc(F)cn12. The van der Waals surface area contributed by atoms with Crippen LogP contribution in [0.2, 0.25) is 5.15 Å². The van der Waals surface area contributed by atoms with Gasteiger partial charge in [0.05, 0.1) is 29.2 Å². The van der Waals surface area contributed by atoms with E-state index in [0.29, 0.717) is 22.1 Å². The van der Waals surface area contributed by atoms with Gasteiger partial charge in [0, 0.05) is 12.3 Å². The summed E-state index contributed by atoms with van der Waals surface area (Å²) in [5, 5.41) is 0.179. The molecule has 0 N–H and O–H groups in total. The molecule has 0 amide bonds. The van der Waals surface area contributed by atoms with Gasteiger partial charge in [0.15, 0.2) is 5.15 Å². The van der Waals surface area contributed by atoms with Gasteiger partial charge in [0.2, 0.25) is 0 Å². The van der Waals surface area contributed by atoms with Crippen LogP contribution < -0.4 is 0 Å². The maximum Gasteiger partial charge on any atom is 0.337 e. The van der Waals surface area contributed by atoms with Crippen molar-refractivity contribution >= 4 is 34.1 Å². The first kappa shape index (κ1) is 11.9. The minimum atomic E-state index is -0.460. The van der Waals surface area contributed by atoms with Gasteiger partial charge in [0.1, 0.15) is 5.82 Å². The van der Waals surface area contributed by atoms with Crippen LogP contribution in [-0.4, -0.2) is 22.5 Å². The van der Waals surface area contributed by atoms with Gasteiger partial charge in [0.25, 0.3) is 0 Å². The van der Waals surface area contributed by atoms with Gasteiger partial charge < -0.3 is 9.14 Å². The molecule has 1 aromatic carbocycles. The molecule has 3 aromatic rings. The highest BCUT2D eigenvalue weighted by Gasteiger charge is 2.12. The summed E-state index contributed by atoms with van der Waals surface area (Å²) in [5.74, 6) is -0.855. The van der Waals surface area contributed by atoms with Crippen molar-refractivity contribution in [2.45, 2.75) is 0 Å². The summed E-state index contributed by atoms with van der Waals surface area (Å²) in [6.07, 6.45) is 1.32. The first-order chi connectivity index (χ1) is 9.10. The second-order valence-corrected chi connectivity index (χ2v) is 4.37. The van der Waals surface area contributed by atoms with Gasteiger partial charge in [-0.25, -0.2) is 14.2 Å². The molecule has 19 heavy (non-hydrogen) atoms. The van der Waals surface area contributed by atoms with E-state index in [-0.39, 0.29) is 5.15 Å². The van der Waals surface area contributed by atoms with Crippen LogP contribution in [0.25, 0.3) is 16.6 Å². The van der Waals surface area contributed by atoms with Gasteiger partial charge in [-0.05, 0) is 18.2 Å². The van der Waals surface area contributed by atoms with E-state index in [1.54, 1.807) is 22.6 Å². The highest BCUT2D eigenvalue weighted by molar-refractivity contribution is 6.33. The number of fused-ring (bicyclic) bond motifs is 3.